The van der Waals surface area contributed by atoms with Crippen LogP contribution < -0.4 is 10.2 Å². The maximum absolute atomic E-state index is 12.6. The van der Waals surface area contributed by atoms with Crippen LogP contribution in [0.1, 0.15) is 21.5 Å². The van der Waals surface area contributed by atoms with Gasteiger partial charge in [0, 0.05) is 49.0 Å². The van der Waals surface area contributed by atoms with Crippen LogP contribution in [0.4, 0.5) is 0 Å². The Morgan fingerprint density at radius 1 is 1.19 bits per heavy atom. The van der Waals surface area contributed by atoms with Gasteiger partial charge in [0.2, 0.25) is 5.88 Å². The molecule has 0 saturated heterocycles. The number of thiazole rings is 1. The fourth-order valence-electron chi connectivity index (χ4n) is 2.88. The Kier molecular flexibility index (Phi) is 5.91. The number of aromatic nitrogens is 4. The number of pyridine rings is 1. The zero-order valence-corrected chi connectivity index (χ0v) is 17.0. The molecule has 0 fully saturated rings. The van der Waals surface area contributed by atoms with E-state index in [2.05, 4.69) is 27.2 Å². The Hall–Kier alpha value is -4.16. The van der Waals surface area contributed by atoms with Crippen LogP contribution in [0.15, 0.2) is 71.4 Å². The lowest BCUT2D eigenvalue weighted by molar-refractivity contribution is 0.0951. The van der Waals surface area contributed by atoms with Crippen molar-refractivity contribution in [2.24, 2.45) is 0 Å². The molecule has 3 heterocycles. The molecule has 4 rings (SSSR count). The fourth-order valence-corrected chi connectivity index (χ4v) is 3.52. The molecule has 0 aliphatic rings. The topological polar surface area (TPSA) is 102 Å². The molecule has 8 nitrogen and oxygen atoms in total. The molecule has 31 heavy (non-hydrogen) atoms. The van der Waals surface area contributed by atoms with Crippen molar-refractivity contribution < 1.29 is 9.90 Å². The summed E-state index contributed by atoms with van der Waals surface area (Å²) in [7, 11) is 0. The number of carbonyl (C=O) groups is 1. The third-order valence-electron chi connectivity index (χ3n) is 4.40. The first-order chi connectivity index (χ1) is 15.1. The average molecular weight is 431 g/mol. The lowest BCUT2D eigenvalue weighted by Gasteiger charge is -2.09. The van der Waals surface area contributed by atoms with Crippen LogP contribution >= 0.6 is 11.3 Å². The van der Waals surface area contributed by atoms with Gasteiger partial charge < -0.3 is 10.4 Å². The summed E-state index contributed by atoms with van der Waals surface area (Å²) in [6.07, 6.45) is 6.81. The highest BCUT2D eigenvalue weighted by Gasteiger charge is 2.11. The predicted molar refractivity (Wildman–Crippen MR) is 116 cm³/mol. The number of nitrogens with one attached hydrogen (secondary N) is 1. The highest BCUT2D eigenvalue weighted by Crippen LogP contribution is 2.16. The van der Waals surface area contributed by atoms with Gasteiger partial charge in [0.15, 0.2) is 0 Å². The Morgan fingerprint density at radius 3 is 2.81 bits per heavy atom. The Bertz CT molecular complexity index is 1310. The van der Waals surface area contributed by atoms with Gasteiger partial charge in [-0.25, -0.2) is 4.68 Å². The monoisotopic (exact) mass is 431 g/mol. The van der Waals surface area contributed by atoms with Gasteiger partial charge >= 0.3 is 4.87 Å². The van der Waals surface area contributed by atoms with E-state index in [1.165, 1.54) is 9.95 Å². The van der Waals surface area contributed by atoms with Crippen molar-refractivity contribution in [2.45, 2.75) is 6.54 Å². The van der Waals surface area contributed by atoms with Gasteiger partial charge in [-0.1, -0.05) is 23.2 Å². The molecule has 9 heteroatoms. The average Bonchev–Trinajstić information content (AvgIpc) is 3.44. The molecule has 0 radical (unpaired) electrons. The molecular weight excluding hydrogens is 414 g/mol. The van der Waals surface area contributed by atoms with Crippen LogP contribution in [0.2, 0.25) is 0 Å². The molecule has 1 amide bonds. The van der Waals surface area contributed by atoms with Gasteiger partial charge in [-0.2, -0.15) is 5.10 Å². The normalized spacial score (nSPS) is 10.3. The van der Waals surface area contributed by atoms with E-state index in [1.54, 1.807) is 59.8 Å². The van der Waals surface area contributed by atoms with Crippen molar-refractivity contribution in [1.29, 1.82) is 0 Å². The molecule has 0 spiro atoms. The molecule has 1 aromatic carbocycles. The highest BCUT2D eigenvalue weighted by atomic mass is 32.1. The molecule has 0 aliphatic carbocycles. The van der Waals surface area contributed by atoms with E-state index in [1.807, 2.05) is 6.07 Å². The molecule has 3 aromatic heterocycles. The highest BCUT2D eigenvalue weighted by molar-refractivity contribution is 7.07. The minimum absolute atomic E-state index is 0.110. The number of amides is 1. The van der Waals surface area contributed by atoms with Crippen molar-refractivity contribution >= 4 is 17.2 Å². The van der Waals surface area contributed by atoms with E-state index in [4.69, 9.17) is 0 Å². The van der Waals surface area contributed by atoms with Gasteiger partial charge in [-0.15, -0.1) is 0 Å². The molecule has 0 atom stereocenters. The molecule has 4 aromatic rings. The van der Waals surface area contributed by atoms with E-state index in [0.717, 1.165) is 22.6 Å². The SMILES string of the molecule is O=C(NCCn1c(O)csc1=O)c1ccc(-n2cccn2)c(C#Cc2cccnc2)c1. The van der Waals surface area contributed by atoms with Crippen molar-refractivity contribution in [3.8, 4) is 23.4 Å². The van der Waals surface area contributed by atoms with Gasteiger partial charge in [-0.05, 0) is 36.4 Å². The van der Waals surface area contributed by atoms with Crippen LogP contribution in [0, 0.1) is 11.8 Å². The second-order valence-electron chi connectivity index (χ2n) is 6.44. The molecule has 2 N–H and O–H groups in total. The summed E-state index contributed by atoms with van der Waals surface area (Å²) in [4.78, 5) is 28.1. The van der Waals surface area contributed by atoms with E-state index in [9.17, 15) is 14.7 Å². The minimum Gasteiger partial charge on any atom is -0.494 e. The second kappa shape index (κ2) is 9.11. The lowest BCUT2D eigenvalue weighted by atomic mass is 10.1. The lowest BCUT2D eigenvalue weighted by Crippen LogP contribution is -2.29. The van der Waals surface area contributed by atoms with Gasteiger partial charge in [-0.3, -0.25) is 19.1 Å². The van der Waals surface area contributed by atoms with Gasteiger partial charge in [0.1, 0.15) is 0 Å². The molecule has 0 saturated carbocycles. The van der Waals surface area contributed by atoms with E-state index in [-0.39, 0.29) is 29.7 Å². The van der Waals surface area contributed by atoms with Crippen LogP contribution in [0.3, 0.4) is 0 Å². The number of carbonyl (C=O) groups excluding carboxylic acids is 1. The zero-order chi connectivity index (χ0) is 21.6. The Morgan fingerprint density at radius 2 is 2.10 bits per heavy atom. The van der Waals surface area contributed by atoms with Crippen molar-refractivity contribution in [3.63, 3.8) is 0 Å². The molecule has 0 bridgehead atoms. The van der Waals surface area contributed by atoms with Gasteiger partial charge in [0.05, 0.1) is 16.6 Å². The van der Waals surface area contributed by atoms with Gasteiger partial charge in [0.25, 0.3) is 5.91 Å². The number of hydrogen-bond acceptors (Lipinski definition) is 6. The minimum atomic E-state index is -0.306. The number of hydrogen-bond donors (Lipinski definition) is 2. The second-order valence-corrected chi connectivity index (χ2v) is 7.26. The van der Waals surface area contributed by atoms with Crippen LogP contribution in [-0.2, 0) is 6.54 Å². The standard InChI is InChI=1S/C22H17N5O3S/c28-20-15-31-22(30)26(20)12-10-24-21(29)18-6-7-19(27-11-2-9-25-27)17(13-18)5-4-16-3-1-8-23-14-16/h1-3,6-9,11,13-15,28H,10,12H2,(H,24,29). The maximum atomic E-state index is 12.6. The molecule has 154 valence electrons. The zero-order valence-electron chi connectivity index (χ0n) is 16.2. The summed E-state index contributed by atoms with van der Waals surface area (Å²) in [5.41, 5.74) is 2.55. The van der Waals surface area contributed by atoms with Crippen molar-refractivity contribution in [3.05, 3.63) is 92.9 Å². The third kappa shape index (κ3) is 4.71. The van der Waals surface area contributed by atoms with Crippen molar-refractivity contribution in [2.75, 3.05) is 6.54 Å². The van der Waals surface area contributed by atoms with E-state index >= 15 is 0 Å². The number of aromatic hydroxyl groups is 1. The quantitative estimate of drug-likeness (QED) is 0.471. The number of nitrogens with zero attached hydrogens (tertiary/aromatic N) is 4. The van der Waals surface area contributed by atoms with Crippen LogP contribution in [-0.4, -0.2) is 36.9 Å². The first kappa shape index (κ1) is 20.1. The molecule has 0 aliphatic heterocycles. The van der Waals surface area contributed by atoms with Crippen LogP contribution in [0.25, 0.3) is 5.69 Å². The predicted octanol–water partition coefficient (Wildman–Crippen LogP) is 2.03. The summed E-state index contributed by atoms with van der Waals surface area (Å²) >= 11 is 0.909. The summed E-state index contributed by atoms with van der Waals surface area (Å²) in [6.45, 7) is 0.375. The molecule has 0 unspecified atom stereocenters. The number of rotatable bonds is 5. The largest absolute Gasteiger partial charge is 0.494 e. The Labute approximate surface area is 181 Å². The maximum Gasteiger partial charge on any atom is 0.310 e. The fraction of sp³-hybridized carbons (Fsp3) is 0.0909. The summed E-state index contributed by atoms with van der Waals surface area (Å²) < 4.78 is 2.89. The summed E-state index contributed by atoms with van der Waals surface area (Å²) in [5.74, 6) is 5.74. The number of benzene rings is 1. The van der Waals surface area contributed by atoms with E-state index < -0.39 is 0 Å². The van der Waals surface area contributed by atoms with Crippen molar-refractivity contribution in [1.82, 2.24) is 24.6 Å². The Balaban J connectivity index is 1.56. The van der Waals surface area contributed by atoms with Crippen LogP contribution in [0.5, 0.6) is 5.88 Å². The van der Waals surface area contributed by atoms with E-state index in [0.29, 0.717) is 11.1 Å². The third-order valence-corrected chi connectivity index (χ3v) is 5.15. The first-order valence-electron chi connectivity index (χ1n) is 9.33. The smallest absolute Gasteiger partial charge is 0.310 e. The molecular formula is C22H17N5O3S. The first-order valence-corrected chi connectivity index (χ1v) is 10.2. The summed E-state index contributed by atoms with van der Waals surface area (Å²) in [6, 6.07) is 10.6. The summed E-state index contributed by atoms with van der Waals surface area (Å²) in [5, 5.41) is 18.0.